The highest BCUT2D eigenvalue weighted by atomic mass is 31.2. The fourth-order valence-electron chi connectivity index (χ4n) is 1.05. The van der Waals surface area contributed by atoms with Crippen LogP contribution in [0.1, 0.15) is 0 Å². The van der Waals surface area contributed by atoms with Crippen LogP contribution in [0.15, 0.2) is 30.3 Å². The van der Waals surface area contributed by atoms with Crippen LogP contribution in [-0.4, -0.2) is 27.0 Å². The molecule has 0 heterocycles. The van der Waals surface area contributed by atoms with Crippen LogP contribution in [0.4, 0.5) is 0 Å². The van der Waals surface area contributed by atoms with Crippen LogP contribution < -0.4 is 4.74 Å². The van der Waals surface area contributed by atoms with E-state index in [2.05, 4.69) is 0 Å². The number of hydrogen-bond acceptors (Lipinski definition) is 4. The molecule has 0 radical (unpaired) electrons. The zero-order chi connectivity index (χ0) is 11.1. The lowest BCUT2D eigenvalue weighted by atomic mass is 10.3. The molecule has 0 N–H and O–H groups in total. The number of hydrogen-bond donors (Lipinski definition) is 0. The molecular weight excluding hydrogens is 215 g/mol. The summed E-state index contributed by atoms with van der Waals surface area (Å²) in [6, 6.07) is 9.33. The number of ether oxygens (including phenoxy) is 1. The van der Waals surface area contributed by atoms with Crippen molar-refractivity contribution in [2.45, 2.75) is 0 Å². The lowest BCUT2D eigenvalue weighted by molar-refractivity contribution is 0.261. The largest absolute Gasteiger partial charge is 0.493 e. The maximum absolute atomic E-state index is 11.6. The number of rotatable bonds is 6. The van der Waals surface area contributed by atoms with Gasteiger partial charge < -0.3 is 13.8 Å². The van der Waals surface area contributed by atoms with Crippen molar-refractivity contribution in [3.63, 3.8) is 0 Å². The van der Waals surface area contributed by atoms with Gasteiger partial charge in [-0.3, -0.25) is 4.57 Å². The first-order valence-electron chi connectivity index (χ1n) is 4.58. The fraction of sp³-hybridized carbons (Fsp3) is 0.400. The van der Waals surface area contributed by atoms with E-state index in [1.807, 2.05) is 30.3 Å². The first-order chi connectivity index (χ1) is 7.20. The molecule has 0 saturated carbocycles. The van der Waals surface area contributed by atoms with E-state index in [1.165, 1.54) is 14.2 Å². The van der Waals surface area contributed by atoms with Crippen molar-refractivity contribution in [1.82, 2.24) is 0 Å². The van der Waals surface area contributed by atoms with Crippen LogP contribution in [0.3, 0.4) is 0 Å². The van der Waals surface area contributed by atoms with Gasteiger partial charge in [0.05, 0.1) is 12.8 Å². The second-order valence-electron chi connectivity index (χ2n) is 2.86. The molecule has 0 spiro atoms. The monoisotopic (exact) mass is 230 g/mol. The van der Waals surface area contributed by atoms with Gasteiger partial charge in [0, 0.05) is 14.2 Å². The third kappa shape index (κ3) is 4.04. The zero-order valence-electron chi connectivity index (χ0n) is 8.88. The highest BCUT2D eigenvalue weighted by Gasteiger charge is 2.20. The highest BCUT2D eigenvalue weighted by molar-refractivity contribution is 7.53. The first-order valence-corrected chi connectivity index (χ1v) is 6.31. The predicted octanol–water partition coefficient (Wildman–Crippen LogP) is 2.55. The second kappa shape index (κ2) is 5.91. The van der Waals surface area contributed by atoms with Crippen molar-refractivity contribution < 1.29 is 18.3 Å². The van der Waals surface area contributed by atoms with Gasteiger partial charge in [0.15, 0.2) is 0 Å². The number of benzene rings is 1. The number of para-hydroxylation sites is 1. The van der Waals surface area contributed by atoms with Crippen LogP contribution in [0, 0.1) is 0 Å². The Labute approximate surface area is 89.7 Å². The summed E-state index contributed by atoms with van der Waals surface area (Å²) in [5.41, 5.74) is 0. The van der Waals surface area contributed by atoms with Crippen LogP contribution in [-0.2, 0) is 13.6 Å². The van der Waals surface area contributed by atoms with Crippen LogP contribution in [0.2, 0.25) is 0 Å². The summed E-state index contributed by atoms with van der Waals surface area (Å²) in [5, 5.41) is 0. The van der Waals surface area contributed by atoms with E-state index >= 15 is 0 Å². The lowest BCUT2D eigenvalue weighted by Crippen LogP contribution is -2.05. The molecule has 0 aliphatic heterocycles. The molecule has 1 aromatic rings. The lowest BCUT2D eigenvalue weighted by Gasteiger charge is -2.13. The molecule has 1 aromatic carbocycles. The van der Waals surface area contributed by atoms with Gasteiger partial charge in [0.2, 0.25) is 0 Å². The van der Waals surface area contributed by atoms with Gasteiger partial charge in [-0.05, 0) is 12.1 Å². The average molecular weight is 230 g/mol. The Morgan fingerprint density at radius 3 is 2.27 bits per heavy atom. The van der Waals surface area contributed by atoms with Gasteiger partial charge in [-0.15, -0.1) is 0 Å². The molecule has 0 aliphatic carbocycles. The molecule has 15 heavy (non-hydrogen) atoms. The Hall–Kier alpha value is -0.830. The van der Waals surface area contributed by atoms with Gasteiger partial charge in [-0.1, -0.05) is 18.2 Å². The van der Waals surface area contributed by atoms with Crippen molar-refractivity contribution in [3.05, 3.63) is 30.3 Å². The molecule has 0 amide bonds. The average Bonchev–Trinajstić information content (AvgIpc) is 2.30. The van der Waals surface area contributed by atoms with Gasteiger partial charge in [-0.25, -0.2) is 0 Å². The molecule has 0 fully saturated rings. The molecule has 0 saturated heterocycles. The van der Waals surface area contributed by atoms with Crippen LogP contribution in [0.5, 0.6) is 5.75 Å². The van der Waals surface area contributed by atoms with Crippen molar-refractivity contribution in [2.75, 3.05) is 27.0 Å². The van der Waals surface area contributed by atoms with Crippen molar-refractivity contribution in [1.29, 1.82) is 0 Å². The minimum Gasteiger partial charge on any atom is -0.493 e. The summed E-state index contributed by atoms with van der Waals surface area (Å²) in [6.45, 7) is 0.309. The fourth-order valence-corrected chi connectivity index (χ4v) is 1.88. The first kappa shape index (κ1) is 12.2. The summed E-state index contributed by atoms with van der Waals surface area (Å²) in [6.07, 6.45) is 0.245. The van der Waals surface area contributed by atoms with Crippen LogP contribution in [0.25, 0.3) is 0 Å². The smallest absolute Gasteiger partial charge is 0.333 e. The standard InChI is InChI=1S/C10H15O4P/c1-12-15(11,13-2)9-8-14-10-6-4-3-5-7-10/h3-7H,8-9H2,1-2H3. The Morgan fingerprint density at radius 2 is 1.73 bits per heavy atom. The van der Waals surface area contributed by atoms with Gasteiger partial charge in [0.1, 0.15) is 5.75 Å². The van der Waals surface area contributed by atoms with Gasteiger partial charge in [0.25, 0.3) is 0 Å². The topological polar surface area (TPSA) is 44.8 Å². The highest BCUT2D eigenvalue weighted by Crippen LogP contribution is 2.45. The third-order valence-corrected chi connectivity index (χ3v) is 3.78. The summed E-state index contributed by atoms with van der Waals surface area (Å²) >= 11 is 0. The van der Waals surface area contributed by atoms with E-state index in [4.69, 9.17) is 13.8 Å². The Kier molecular flexibility index (Phi) is 4.82. The molecule has 0 aliphatic rings. The van der Waals surface area contributed by atoms with Gasteiger partial charge in [-0.2, -0.15) is 0 Å². The van der Waals surface area contributed by atoms with Crippen molar-refractivity contribution in [2.24, 2.45) is 0 Å². The van der Waals surface area contributed by atoms with Crippen molar-refractivity contribution in [3.8, 4) is 5.75 Å². The van der Waals surface area contributed by atoms with Gasteiger partial charge >= 0.3 is 7.60 Å². The molecule has 5 heteroatoms. The summed E-state index contributed by atoms with van der Waals surface area (Å²) in [7, 11) is -0.207. The molecule has 0 bridgehead atoms. The summed E-state index contributed by atoms with van der Waals surface area (Å²) in [5.74, 6) is 0.747. The molecular formula is C10H15O4P. The zero-order valence-corrected chi connectivity index (χ0v) is 9.78. The van der Waals surface area contributed by atoms with E-state index in [0.717, 1.165) is 5.75 Å². The van der Waals surface area contributed by atoms with E-state index < -0.39 is 7.60 Å². The molecule has 84 valence electrons. The molecule has 4 nitrogen and oxygen atoms in total. The summed E-state index contributed by atoms with van der Waals surface area (Å²) in [4.78, 5) is 0. The van der Waals surface area contributed by atoms with E-state index in [-0.39, 0.29) is 6.16 Å². The minimum atomic E-state index is -2.94. The third-order valence-electron chi connectivity index (χ3n) is 1.93. The maximum atomic E-state index is 11.6. The minimum absolute atomic E-state index is 0.245. The van der Waals surface area contributed by atoms with Crippen molar-refractivity contribution >= 4 is 7.60 Å². The SMILES string of the molecule is COP(=O)(CCOc1ccccc1)OC. The molecule has 0 unspecified atom stereocenters. The quantitative estimate of drug-likeness (QED) is 0.704. The predicted molar refractivity (Wildman–Crippen MR) is 58.4 cm³/mol. The van der Waals surface area contributed by atoms with Crippen LogP contribution >= 0.6 is 7.60 Å². The Morgan fingerprint density at radius 1 is 1.13 bits per heavy atom. The Balaban J connectivity index is 2.36. The normalized spacial score (nSPS) is 11.3. The molecule has 0 atom stereocenters. The molecule has 1 rings (SSSR count). The van der Waals surface area contributed by atoms with E-state index in [1.54, 1.807) is 0 Å². The second-order valence-corrected chi connectivity index (χ2v) is 5.26. The Bertz CT molecular complexity index is 317. The summed E-state index contributed by atoms with van der Waals surface area (Å²) < 4.78 is 26.5. The maximum Gasteiger partial charge on any atom is 0.333 e. The molecule has 0 aromatic heterocycles. The van der Waals surface area contributed by atoms with E-state index in [0.29, 0.717) is 6.61 Å². The van der Waals surface area contributed by atoms with E-state index in [9.17, 15) is 4.57 Å².